The summed E-state index contributed by atoms with van der Waals surface area (Å²) >= 11 is 0. The molecule has 32 heavy (non-hydrogen) atoms. The summed E-state index contributed by atoms with van der Waals surface area (Å²) in [6.45, 7) is 0. The number of amides is 2. The maximum absolute atomic E-state index is 13.7. The van der Waals surface area contributed by atoms with Crippen LogP contribution in [0.4, 0.5) is 0 Å². The predicted octanol–water partition coefficient (Wildman–Crippen LogP) is 2.84. The number of carbonyl (C=O) groups is 4. The van der Waals surface area contributed by atoms with Gasteiger partial charge in [-0.25, -0.2) is 19.6 Å². The van der Waals surface area contributed by atoms with Crippen LogP contribution in [0.1, 0.15) is 46.4 Å². The molecule has 1 aliphatic heterocycles. The third kappa shape index (κ3) is 4.80. The highest BCUT2D eigenvalue weighted by Gasteiger charge is 2.45. The second-order valence-corrected chi connectivity index (χ2v) is 7.39. The molecule has 0 aliphatic carbocycles. The molecule has 3 rings (SSSR count). The van der Waals surface area contributed by atoms with Crippen molar-refractivity contribution in [3.63, 3.8) is 0 Å². The van der Waals surface area contributed by atoms with Gasteiger partial charge >= 0.3 is 11.9 Å². The third-order valence-corrected chi connectivity index (χ3v) is 5.43. The summed E-state index contributed by atoms with van der Waals surface area (Å²) in [6, 6.07) is 14.5. The number of ether oxygens (including phenoxy) is 2. The molecule has 8 heteroatoms. The summed E-state index contributed by atoms with van der Waals surface area (Å²) in [5.41, 5.74) is 0.549. The van der Waals surface area contributed by atoms with Gasteiger partial charge in [0.05, 0.1) is 14.2 Å². The highest BCUT2D eigenvalue weighted by atomic mass is 16.5. The van der Waals surface area contributed by atoms with Gasteiger partial charge in [0.1, 0.15) is 0 Å². The Morgan fingerprint density at radius 3 is 1.31 bits per heavy atom. The number of benzene rings is 2. The summed E-state index contributed by atoms with van der Waals surface area (Å²) in [5, 5.41) is 2.16. The third-order valence-electron chi connectivity index (χ3n) is 5.43. The maximum Gasteiger partial charge on any atom is 0.330 e. The van der Waals surface area contributed by atoms with Crippen molar-refractivity contribution in [1.82, 2.24) is 10.0 Å². The molecule has 2 amide bonds. The largest absolute Gasteiger partial charge is 0.467 e. The molecule has 168 valence electrons. The van der Waals surface area contributed by atoms with Crippen LogP contribution in [0.2, 0.25) is 0 Å². The first-order valence-electron chi connectivity index (χ1n) is 10.4. The van der Waals surface area contributed by atoms with Crippen LogP contribution in [0, 0.1) is 0 Å². The Morgan fingerprint density at radius 1 is 0.656 bits per heavy atom. The Balaban J connectivity index is 2.20. The van der Waals surface area contributed by atoms with E-state index in [1.807, 2.05) is 0 Å². The second kappa shape index (κ2) is 10.6. The first-order chi connectivity index (χ1) is 15.5. The molecule has 0 unspecified atom stereocenters. The Kier molecular flexibility index (Phi) is 7.59. The lowest BCUT2D eigenvalue weighted by atomic mass is 9.99. The number of hydrazine groups is 1. The molecule has 0 spiro atoms. The van der Waals surface area contributed by atoms with Crippen LogP contribution in [0.5, 0.6) is 0 Å². The minimum absolute atomic E-state index is 0.274. The molecule has 2 atom stereocenters. The predicted molar refractivity (Wildman–Crippen MR) is 115 cm³/mol. The standard InChI is InChI=1S/C24H26N2O6/c1-31-23(29)19-15-9-10-16-20(24(30)32-2)26(22(28)18-13-7-4-8-14-18)25(19)21(27)17-11-5-3-6-12-17/h3-8,11-14,19-20H,9-10,15-16H2,1-2H3/t19-,20+. The van der Waals surface area contributed by atoms with E-state index in [1.165, 1.54) is 14.2 Å². The van der Waals surface area contributed by atoms with Crippen LogP contribution in [-0.2, 0) is 19.1 Å². The number of hydrogen-bond donors (Lipinski definition) is 0. The van der Waals surface area contributed by atoms with Crippen LogP contribution in [0.25, 0.3) is 0 Å². The Labute approximate surface area is 186 Å². The molecular formula is C24H26N2O6. The lowest BCUT2D eigenvalue weighted by molar-refractivity contribution is -0.162. The molecule has 8 nitrogen and oxygen atoms in total. The summed E-state index contributed by atoms with van der Waals surface area (Å²) in [7, 11) is 2.46. The topological polar surface area (TPSA) is 93.2 Å². The first-order valence-corrected chi connectivity index (χ1v) is 10.4. The van der Waals surface area contributed by atoms with E-state index >= 15 is 0 Å². The van der Waals surface area contributed by atoms with Gasteiger partial charge in [-0.3, -0.25) is 9.59 Å². The van der Waals surface area contributed by atoms with Gasteiger partial charge in [-0.2, -0.15) is 0 Å². The van der Waals surface area contributed by atoms with Crippen molar-refractivity contribution in [1.29, 1.82) is 0 Å². The van der Waals surface area contributed by atoms with E-state index < -0.39 is 35.8 Å². The van der Waals surface area contributed by atoms with Gasteiger partial charge in [-0.05, 0) is 37.1 Å². The van der Waals surface area contributed by atoms with Crippen LogP contribution in [0.3, 0.4) is 0 Å². The van der Waals surface area contributed by atoms with Crippen LogP contribution in [-0.4, -0.2) is 60.1 Å². The quantitative estimate of drug-likeness (QED) is 0.682. The van der Waals surface area contributed by atoms with E-state index in [4.69, 9.17) is 9.47 Å². The van der Waals surface area contributed by atoms with Crippen molar-refractivity contribution in [2.24, 2.45) is 0 Å². The zero-order valence-corrected chi connectivity index (χ0v) is 18.1. The lowest BCUT2D eigenvalue weighted by Gasteiger charge is -2.43. The number of esters is 2. The van der Waals surface area contributed by atoms with Crippen molar-refractivity contribution in [2.75, 3.05) is 14.2 Å². The van der Waals surface area contributed by atoms with E-state index in [9.17, 15) is 19.2 Å². The molecule has 2 aromatic rings. The smallest absolute Gasteiger partial charge is 0.330 e. The van der Waals surface area contributed by atoms with Gasteiger partial charge in [0.2, 0.25) is 0 Å². The van der Waals surface area contributed by atoms with E-state index in [1.54, 1.807) is 60.7 Å². The fourth-order valence-electron chi connectivity index (χ4n) is 3.83. The SMILES string of the molecule is COC(=O)[C@H]1CCCC[C@@H](C(=O)OC)N(C(=O)c2ccccc2)N1C(=O)c1ccccc1. The molecule has 0 bridgehead atoms. The number of hydrogen-bond acceptors (Lipinski definition) is 6. The van der Waals surface area contributed by atoms with Crippen LogP contribution in [0.15, 0.2) is 60.7 Å². The average molecular weight is 438 g/mol. The number of carbonyl (C=O) groups excluding carboxylic acids is 4. The van der Waals surface area contributed by atoms with Gasteiger partial charge in [0, 0.05) is 11.1 Å². The molecule has 1 aliphatic rings. The summed E-state index contributed by atoms with van der Waals surface area (Å²) in [6.07, 6.45) is 1.72. The Bertz CT molecular complexity index is 883. The van der Waals surface area contributed by atoms with Gasteiger partial charge in [-0.15, -0.1) is 0 Å². The Hall–Kier alpha value is -3.68. The number of nitrogens with zero attached hydrogens (tertiary/aromatic N) is 2. The van der Waals surface area contributed by atoms with Crippen molar-refractivity contribution in [2.45, 2.75) is 37.8 Å². The summed E-state index contributed by atoms with van der Waals surface area (Å²) < 4.78 is 9.94. The summed E-state index contributed by atoms with van der Waals surface area (Å²) in [4.78, 5) is 52.9. The zero-order chi connectivity index (χ0) is 23.1. The van der Waals surface area contributed by atoms with Crippen LogP contribution >= 0.6 is 0 Å². The minimum Gasteiger partial charge on any atom is -0.467 e. The van der Waals surface area contributed by atoms with Gasteiger partial charge in [0.25, 0.3) is 11.8 Å². The van der Waals surface area contributed by atoms with Gasteiger partial charge in [-0.1, -0.05) is 49.2 Å². The van der Waals surface area contributed by atoms with Crippen molar-refractivity contribution in [3.8, 4) is 0 Å². The van der Waals surface area contributed by atoms with E-state index in [0.29, 0.717) is 12.8 Å². The maximum atomic E-state index is 13.7. The average Bonchev–Trinajstić information content (AvgIpc) is 2.83. The second-order valence-electron chi connectivity index (χ2n) is 7.39. The molecule has 0 saturated carbocycles. The molecule has 0 radical (unpaired) electrons. The zero-order valence-electron chi connectivity index (χ0n) is 18.1. The molecule has 0 N–H and O–H groups in total. The van der Waals surface area contributed by atoms with E-state index in [-0.39, 0.29) is 24.0 Å². The lowest BCUT2D eigenvalue weighted by Crippen LogP contribution is -2.63. The monoisotopic (exact) mass is 438 g/mol. The molecule has 1 heterocycles. The highest BCUT2D eigenvalue weighted by molar-refractivity contribution is 6.02. The highest BCUT2D eigenvalue weighted by Crippen LogP contribution is 2.27. The Morgan fingerprint density at radius 2 is 1.00 bits per heavy atom. The fraction of sp³-hybridized carbons (Fsp3) is 0.333. The van der Waals surface area contributed by atoms with Crippen molar-refractivity contribution < 1.29 is 28.7 Å². The molecule has 0 aromatic heterocycles. The fourth-order valence-corrected chi connectivity index (χ4v) is 3.83. The van der Waals surface area contributed by atoms with Gasteiger partial charge < -0.3 is 9.47 Å². The molecule has 1 saturated heterocycles. The molecule has 1 fully saturated rings. The van der Waals surface area contributed by atoms with E-state index in [2.05, 4.69) is 0 Å². The molecule has 2 aromatic carbocycles. The minimum atomic E-state index is -1.08. The van der Waals surface area contributed by atoms with Gasteiger partial charge in [0.15, 0.2) is 12.1 Å². The van der Waals surface area contributed by atoms with Crippen molar-refractivity contribution in [3.05, 3.63) is 71.8 Å². The number of rotatable bonds is 4. The molecular weight excluding hydrogens is 412 g/mol. The van der Waals surface area contributed by atoms with Crippen LogP contribution < -0.4 is 0 Å². The summed E-state index contributed by atoms with van der Waals surface area (Å²) in [5.74, 6) is -2.49. The first kappa shape index (κ1) is 23.0. The normalized spacial score (nSPS) is 18.8. The number of methoxy groups -OCH3 is 2. The van der Waals surface area contributed by atoms with Crippen molar-refractivity contribution >= 4 is 23.8 Å². The van der Waals surface area contributed by atoms with E-state index in [0.717, 1.165) is 10.0 Å².